The Morgan fingerprint density at radius 3 is 2.14 bits per heavy atom. The average Bonchev–Trinajstić information content (AvgIpc) is 3.00. The third-order valence-corrected chi connectivity index (χ3v) is 6.18. The Morgan fingerprint density at radius 1 is 1.03 bits per heavy atom. The van der Waals surface area contributed by atoms with Crippen LogP contribution in [0.2, 0.25) is 0 Å². The lowest BCUT2D eigenvalue weighted by molar-refractivity contribution is -0.621. The Hall–Kier alpha value is -4.21. The molecule has 1 saturated heterocycles. The SMILES string of the molecule is Cc1c(C)[n+]([O-])c([C@@H](c2ccc([N+](=O)[O-])cc2)C2C(=O)OC(C)(C)OC2=O)n1Cc1ccccc1. The smallest absolute Gasteiger partial charge is 0.324 e. The second-order valence-corrected chi connectivity index (χ2v) is 8.94. The predicted octanol–water partition coefficient (Wildman–Crippen LogP) is 3.28. The van der Waals surface area contributed by atoms with Crippen molar-refractivity contribution in [1.82, 2.24) is 4.57 Å². The highest BCUT2D eigenvalue weighted by atomic mass is 16.7. The maximum atomic E-state index is 13.5. The van der Waals surface area contributed by atoms with Crippen molar-refractivity contribution in [3.63, 3.8) is 0 Å². The molecule has 0 amide bonds. The number of rotatable bonds is 6. The monoisotopic (exact) mass is 479 g/mol. The van der Waals surface area contributed by atoms with Gasteiger partial charge in [0.1, 0.15) is 23.9 Å². The van der Waals surface area contributed by atoms with Gasteiger partial charge in [-0.2, -0.15) is 0 Å². The van der Waals surface area contributed by atoms with Gasteiger partial charge >= 0.3 is 11.9 Å². The number of carbonyl (C=O) groups excluding carboxylic acids is 2. The van der Waals surface area contributed by atoms with Gasteiger partial charge in [0.15, 0.2) is 5.92 Å². The Kier molecular flexibility index (Phi) is 6.06. The van der Waals surface area contributed by atoms with Gasteiger partial charge in [0.2, 0.25) is 0 Å². The topological polar surface area (TPSA) is 128 Å². The van der Waals surface area contributed by atoms with Crippen LogP contribution >= 0.6 is 0 Å². The van der Waals surface area contributed by atoms with Crippen LogP contribution in [-0.4, -0.2) is 27.2 Å². The van der Waals surface area contributed by atoms with Crippen molar-refractivity contribution in [3.8, 4) is 0 Å². The van der Waals surface area contributed by atoms with Crippen LogP contribution in [0.5, 0.6) is 0 Å². The standard InChI is InChI=1S/C25H25N3O7/c1-15-16(2)27(31)22(26(15)14-17-8-6-5-7-9-17)20(18-10-12-19(13-11-18)28(32)33)21-23(29)34-25(3,4)35-24(21)30/h5-13,20-21H,14H2,1-4H3/t20-/m0/s1. The zero-order valence-electron chi connectivity index (χ0n) is 19.8. The van der Waals surface area contributed by atoms with Crippen molar-refractivity contribution in [2.24, 2.45) is 5.92 Å². The van der Waals surface area contributed by atoms with E-state index in [4.69, 9.17) is 9.47 Å². The maximum Gasteiger partial charge on any atom is 0.324 e. The van der Waals surface area contributed by atoms with E-state index in [0.717, 1.165) is 5.56 Å². The summed E-state index contributed by atoms with van der Waals surface area (Å²) in [7, 11) is 0. The highest BCUT2D eigenvalue weighted by molar-refractivity contribution is 5.98. The second-order valence-electron chi connectivity index (χ2n) is 8.94. The fourth-order valence-electron chi connectivity index (χ4n) is 4.35. The highest BCUT2D eigenvalue weighted by Crippen LogP contribution is 2.38. The van der Waals surface area contributed by atoms with Crippen LogP contribution < -0.4 is 4.73 Å². The zero-order valence-corrected chi connectivity index (χ0v) is 19.8. The summed E-state index contributed by atoms with van der Waals surface area (Å²) in [5.74, 6) is -5.57. The number of nitro benzene ring substituents is 1. The van der Waals surface area contributed by atoms with Crippen molar-refractivity contribution in [2.45, 2.75) is 45.9 Å². The molecule has 10 nitrogen and oxygen atoms in total. The van der Waals surface area contributed by atoms with E-state index in [-0.39, 0.29) is 11.5 Å². The van der Waals surface area contributed by atoms with Crippen LogP contribution in [0.3, 0.4) is 0 Å². The molecule has 1 atom stereocenters. The van der Waals surface area contributed by atoms with E-state index >= 15 is 0 Å². The van der Waals surface area contributed by atoms with E-state index in [1.807, 2.05) is 30.3 Å². The van der Waals surface area contributed by atoms with Gasteiger partial charge in [-0.15, -0.1) is 0 Å². The molecule has 0 spiro atoms. The minimum absolute atomic E-state index is 0.135. The Balaban J connectivity index is 1.92. The Morgan fingerprint density at radius 2 is 1.60 bits per heavy atom. The predicted molar refractivity (Wildman–Crippen MR) is 123 cm³/mol. The number of ether oxygens (including phenoxy) is 2. The van der Waals surface area contributed by atoms with Gasteiger partial charge < -0.3 is 14.7 Å². The fraction of sp³-hybridized carbons (Fsp3) is 0.320. The van der Waals surface area contributed by atoms with Crippen molar-refractivity contribution in [1.29, 1.82) is 0 Å². The van der Waals surface area contributed by atoms with E-state index in [2.05, 4.69) is 0 Å². The Labute approximate surface area is 201 Å². The minimum atomic E-state index is -1.48. The van der Waals surface area contributed by atoms with Crippen LogP contribution in [0.1, 0.15) is 48.1 Å². The number of nitro groups is 1. The van der Waals surface area contributed by atoms with Crippen LogP contribution in [-0.2, 0) is 25.6 Å². The number of cyclic esters (lactones) is 2. The van der Waals surface area contributed by atoms with Crippen LogP contribution in [0.25, 0.3) is 0 Å². The van der Waals surface area contributed by atoms with Crippen LogP contribution in [0.15, 0.2) is 54.6 Å². The largest absolute Gasteiger partial charge is 0.711 e. The molecular weight excluding hydrogens is 454 g/mol. The molecule has 1 fully saturated rings. The molecule has 10 heteroatoms. The Bertz CT molecular complexity index is 1280. The lowest BCUT2D eigenvalue weighted by atomic mass is 9.84. The van der Waals surface area contributed by atoms with Crippen LogP contribution in [0, 0.1) is 35.1 Å². The van der Waals surface area contributed by atoms with Gasteiger partial charge in [-0.25, -0.2) is 9.30 Å². The molecule has 0 N–H and O–H groups in total. The molecule has 0 saturated carbocycles. The van der Waals surface area contributed by atoms with E-state index in [1.54, 1.807) is 18.4 Å². The molecule has 4 rings (SSSR count). The summed E-state index contributed by atoms with van der Waals surface area (Å²) in [5.41, 5.74) is 2.17. The molecule has 182 valence electrons. The van der Waals surface area contributed by atoms with Gasteiger partial charge in [-0.05, 0) is 11.1 Å². The average molecular weight is 479 g/mol. The lowest BCUT2D eigenvalue weighted by Gasteiger charge is -2.35. The lowest BCUT2D eigenvalue weighted by Crippen LogP contribution is -2.50. The number of hydrogen-bond acceptors (Lipinski definition) is 7. The molecule has 2 aromatic carbocycles. The normalized spacial score (nSPS) is 16.5. The molecule has 0 radical (unpaired) electrons. The molecule has 0 bridgehead atoms. The number of carbonyl (C=O) groups is 2. The number of imidazole rings is 1. The third-order valence-electron chi connectivity index (χ3n) is 6.18. The number of aromatic nitrogens is 2. The van der Waals surface area contributed by atoms with E-state index in [0.29, 0.717) is 28.2 Å². The first kappa shape index (κ1) is 23.9. The summed E-state index contributed by atoms with van der Waals surface area (Å²) in [6.45, 7) is 6.63. The van der Waals surface area contributed by atoms with Gasteiger partial charge in [0, 0.05) is 39.8 Å². The number of esters is 2. The van der Waals surface area contributed by atoms with E-state index in [1.165, 1.54) is 38.1 Å². The number of hydrogen-bond donors (Lipinski definition) is 0. The molecule has 35 heavy (non-hydrogen) atoms. The second kappa shape index (κ2) is 8.86. The quantitative estimate of drug-likeness (QED) is 0.133. The summed E-state index contributed by atoms with van der Waals surface area (Å²) in [4.78, 5) is 36.8. The van der Waals surface area contributed by atoms with Crippen LogP contribution in [0.4, 0.5) is 5.69 Å². The number of nitrogens with zero attached hydrogens (tertiary/aromatic N) is 3. The van der Waals surface area contributed by atoms with Crippen molar-refractivity contribution >= 4 is 17.6 Å². The van der Waals surface area contributed by atoms with E-state index < -0.39 is 34.5 Å². The van der Waals surface area contributed by atoms with Gasteiger partial charge in [0.25, 0.3) is 17.3 Å². The first-order chi connectivity index (χ1) is 16.5. The number of benzene rings is 2. The van der Waals surface area contributed by atoms with Crippen molar-refractivity contribution < 1.29 is 28.7 Å². The summed E-state index contributed by atoms with van der Waals surface area (Å²) >= 11 is 0. The molecule has 0 aliphatic carbocycles. The first-order valence-electron chi connectivity index (χ1n) is 11.0. The summed E-state index contributed by atoms with van der Waals surface area (Å²) < 4.78 is 13.2. The molecular formula is C25H25N3O7. The van der Waals surface area contributed by atoms with Gasteiger partial charge in [0.05, 0.1) is 4.92 Å². The highest BCUT2D eigenvalue weighted by Gasteiger charge is 2.52. The molecule has 1 aliphatic rings. The first-order valence-corrected chi connectivity index (χ1v) is 11.0. The summed E-state index contributed by atoms with van der Waals surface area (Å²) in [6, 6.07) is 14.8. The zero-order chi connectivity index (χ0) is 25.5. The maximum absolute atomic E-state index is 13.5. The van der Waals surface area contributed by atoms with Gasteiger partial charge in [-0.3, -0.25) is 19.7 Å². The van der Waals surface area contributed by atoms with Crippen molar-refractivity contribution in [3.05, 3.63) is 98.3 Å². The third kappa shape index (κ3) is 4.46. The molecule has 3 aromatic rings. The number of non-ortho nitro benzene ring substituents is 1. The molecule has 1 aliphatic heterocycles. The molecule has 1 aromatic heterocycles. The molecule has 2 heterocycles. The summed E-state index contributed by atoms with van der Waals surface area (Å²) in [6.07, 6.45) is 0. The van der Waals surface area contributed by atoms with Crippen molar-refractivity contribution in [2.75, 3.05) is 0 Å². The summed E-state index contributed by atoms with van der Waals surface area (Å²) in [5, 5.41) is 24.6. The molecule has 0 unspecified atom stereocenters. The van der Waals surface area contributed by atoms with E-state index in [9.17, 15) is 24.9 Å². The minimum Gasteiger partial charge on any atom is -0.711 e. The fourth-order valence-corrected chi connectivity index (χ4v) is 4.35. The van der Waals surface area contributed by atoms with Gasteiger partial charge in [-0.1, -0.05) is 42.5 Å².